The van der Waals surface area contributed by atoms with Crippen LogP contribution >= 0.6 is 0 Å². The Morgan fingerprint density at radius 1 is 1.27 bits per heavy atom. The first kappa shape index (κ1) is 11.6. The quantitative estimate of drug-likeness (QED) is 0.643. The summed E-state index contributed by atoms with van der Waals surface area (Å²) >= 11 is 0. The zero-order valence-corrected chi connectivity index (χ0v) is 8.49. The Morgan fingerprint density at radius 2 is 1.73 bits per heavy atom. The van der Waals surface area contributed by atoms with Crippen LogP contribution in [0.2, 0.25) is 0 Å². The van der Waals surface area contributed by atoms with Crippen molar-refractivity contribution in [2.24, 2.45) is 17.6 Å². The molecule has 1 saturated carbocycles. The summed E-state index contributed by atoms with van der Waals surface area (Å²) in [4.78, 5) is 45.1. The molecule has 0 heterocycles. The van der Waals surface area contributed by atoms with Gasteiger partial charge in [-0.3, -0.25) is 19.2 Å². The number of hydrogen-bond donors (Lipinski definition) is 1. The van der Waals surface area contributed by atoms with E-state index in [-0.39, 0.29) is 25.0 Å². The van der Waals surface area contributed by atoms with E-state index in [0.29, 0.717) is 0 Å². The Kier molecular flexibility index (Phi) is 3.34. The zero-order chi connectivity index (χ0) is 11.6. The molecule has 0 aromatic carbocycles. The van der Waals surface area contributed by atoms with Crippen molar-refractivity contribution in [3.63, 3.8) is 0 Å². The minimum Gasteiger partial charge on any atom is -0.369 e. The summed E-state index contributed by atoms with van der Waals surface area (Å²) in [6.07, 6.45) is -0.0155. The van der Waals surface area contributed by atoms with Crippen LogP contribution in [0, 0.1) is 11.8 Å². The maximum atomic E-state index is 11.5. The standard InChI is InChI=1S/C10H13NO4/c1-2-6(12)9-7(13)3-5(10(11)15)4-8(9)14/h5,9H,2-4H2,1H3,(H2,11,15). The van der Waals surface area contributed by atoms with Crippen LogP contribution in [0.4, 0.5) is 0 Å². The highest BCUT2D eigenvalue weighted by atomic mass is 16.2. The van der Waals surface area contributed by atoms with E-state index in [1.807, 2.05) is 0 Å². The number of hydrogen-bond acceptors (Lipinski definition) is 4. The monoisotopic (exact) mass is 211 g/mol. The fraction of sp³-hybridized carbons (Fsp3) is 0.600. The van der Waals surface area contributed by atoms with Crippen molar-refractivity contribution in [3.8, 4) is 0 Å². The van der Waals surface area contributed by atoms with Gasteiger partial charge in [-0.05, 0) is 0 Å². The van der Waals surface area contributed by atoms with Crippen LogP contribution in [-0.2, 0) is 19.2 Å². The summed E-state index contributed by atoms with van der Waals surface area (Å²) in [5, 5.41) is 0. The average molecular weight is 211 g/mol. The van der Waals surface area contributed by atoms with Gasteiger partial charge in [0.15, 0.2) is 17.3 Å². The molecular formula is C10H13NO4. The lowest BCUT2D eigenvalue weighted by molar-refractivity contribution is -0.146. The Hall–Kier alpha value is -1.52. The van der Waals surface area contributed by atoms with E-state index >= 15 is 0 Å². The molecule has 0 aromatic heterocycles. The van der Waals surface area contributed by atoms with E-state index in [0.717, 1.165) is 0 Å². The number of carbonyl (C=O) groups is 4. The molecule has 0 radical (unpaired) electrons. The Bertz CT molecular complexity index is 316. The molecular weight excluding hydrogens is 198 g/mol. The van der Waals surface area contributed by atoms with E-state index < -0.39 is 29.3 Å². The number of Topliss-reactive ketones (excluding diaryl/α,β-unsaturated/α-hetero) is 3. The fourth-order valence-corrected chi connectivity index (χ4v) is 1.74. The van der Waals surface area contributed by atoms with Crippen LogP contribution in [0.15, 0.2) is 0 Å². The molecule has 2 N–H and O–H groups in total. The normalized spacial score (nSPS) is 26.5. The van der Waals surface area contributed by atoms with Crippen molar-refractivity contribution in [3.05, 3.63) is 0 Å². The molecule has 0 atom stereocenters. The molecule has 1 fully saturated rings. The van der Waals surface area contributed by atoms with E-state index in [1.165, 1.54) is 0 Å². The van der Waals surface area contributed by atoms with Crippen molar-refractivity contribution in [1.82, 2.24) is 0 Å². The van der Waals surface area contributed by atoms with Crippen LogP contribution in [0.3, 0.4) is 0 Å². The van der Waals surface area contributed by atoms with Crippen molar-refractivity contribution in [1.29, 1.82) is 0 Å². The van der Waals surface area contributed by atoms with Gasteiger partial charge in [0.05, 0.1) is 5.92 Å². The molecule has 0 saturated heterocycles. The molecule has 0 spiro atoms. The molecule has 0 bridgehead atoms. The van der Waals surface area contributed by atoms with Gasteiger partial charge in [0.25, 0.3) is 0 Å². The number of amides is 1. The number of nitrogens with two attached hydrogens (primary N) is 1. The summed E-state index contributed by atoms with van der Waals surface area (Å²) in [5.41, 5.74) is 5.02. The van der Waals surface area contributed by atoms with Crippen molar-refractivity contribution in [2.75, 3.05) is 0 Å². The highest BCUT2D eigenvalue weighted by Crippen LogP contribution is 2.24. The zero-order valence-electron chi connectivity index (χ0n) is 8.49. The van der Waals surface area contributed by atoms with E-state index in [1.54, 1.807) is 6.92 Å². The van der Waals surface area contributed by atoms with E-state index in [9.17, 15) is 19.2 Å². The number of ketones is 3. The molecule has 1 rings (SSSR count). The maximum absolute atomic E-state index is 11.5. The fourth-order valence-electron chi connectivity index (χ4n) is 1.74. The predicted octanol–water partition coefficient (Wildman–Crippen LogP) is -0.385. The van der Waals surface area contributed by atoms with Crippen LogP contribution < -0.4 is 5.73 Å². The third kappa shape index (κ3) is 2.29. The van der Waals surface area contributed by atoms with E-state index in [2.05, 4.69) is 0 Å². The van der Waals surface area contributed by atoms with Crippen molar-refractivity contribution < 1.29 is 19.2 Å². The first-order valence-electron chi connectivity index (χ1n) is 4.84. The van der Waals surface area contributed by atoms with Gasteiger partial charge in [-0.15, -0.1) is 0 Å². The van der Waals surface area contributed by atoms with Gasteiger partial charge in [0.1, 0.15) is 5.92 Å². The highest BCUT2D eigenvalue weighted by Gasteiger charge is 2.40. The van der Waals surface area contributed by atoms with Crippen LogP contribution in [0.5, 0.6) is 0 Å². The molecule has 5 nitrogen and oxygen atoms in total. The average Bonchev–Trinajstić information content (AvgIpc) is 2.16. The Balaban J connectivity index is 2.82. The first-order chi connectivity index (χ1) is 6.97. The second-order valence-electron chi connectivity index (χ2n) is 3.69. The molecule has 1 aliphatic carbocycles. The van der Waals surface area contributed by atoms with Gasteiger partial charge >= 0.3 is 0 Å². The Labute approximate surface area is 87.0 Å². The van der Waals surface area contributed by atoms with E-state index in [4.69, 9.17) is 5.73 Å². The summed E-state index contributed by atoms with van der Waals surface area (Å²) in [7, 11) is 0. The lowest BCUT2D eigenvalue weighted by atomic mass is 9.77. The third-order valence-corrected chi connectivity index (χ3v) is 2.61. The number of primary amides is 1. The van der Waals surface area contributed by atoms with Crippen molar-refractivity contribution in [2.45, 2.75) is 26.2 Å². The largest absolute Gasteiger partial charge is 0.369 e. The van der Waals surface area contributed by atoms with Gasteiger partial charge in [-0.25, -0.2) is 0 Å². The molecule has 15 heavy (non-hydrogen) atoms. The van der Waals surface area contributed by atoms with Crippen LogP contribution in [0.1, 0.15) is 26.2 Å². The maximum Gasteiger partial charge on any atom is 0.221 e. The summed E-state index contributed by atoms with van der Waals surface area (Å²) < 4.78 is 0. The summed E-state index contributed by atoms with van der Waals surface area (Å²) in [6, 6.07) is 0. The second-order valence-corrected chi connectivity index (χ2v) is 3.69. The SMILES string of the molecule is CCC(=O)C1C(=O)CC(C(N)=O)CC1=O. The van der Waals surface area contributed by atoms with Crippen LogP contribution in [0.25, 0.3) is 0 Å². The summed E-state index contributed by atoms with van der Waals surface area (Å²) in [5.74, 6) is -3.84. The first-order valence-corrected chi connectivity index (χ1v) is 4.84. The molecule has 1 amide bonds. The Morgan fingerprint density at radius 3 is 2.07 bits per heavy atom. The minimum absolute atomic E-state index is 0.0858. The molecule has 1 aliphatic rings. The molecule has 82 valence electrons. The number of rotatable bonds is 3. The van der Waals surface area contributed by atoms with Gasteiger partial charge in [-0.1, -0.05) is 6.92 Å². The van der Waals surface area contributed by atoms with Crippen LogP contribution in [-0.4, -0.2) is 23.3 Å². The lowest BCUT2D eigenvalue weighted by Crippen LogP contribution is -2.42. The molecule has 5 heteroatoms. The second kappa shape index (κ2) is 4.33. The predicted molar refractivity (Wildman–Crippen MR) is 50.7 cm³/mol. The van der Waals surface area contributed by atoms with Gasteiger partial charge in [0.2, 0.25) is 5.91 Å². The third-order valence-electron chi connectivity index (χ3n) is 2.61. The smallest absolute Gasteiger partial charge is 0.221 e. The number of carbonyl (C=O) groups excluding carboxylic acids is 4. The minimum atomic E-state index is -1.15. The van der Waals surface area contributed by atoms with Crippen molar-refractivity contribution >= 4 is 23.3 Å². The van der Waals surface area contributed by atoms with Gasteiger partial charge in [0, 0.05) is 19.3 Å². The molecule has 0 aliphatic heterocycles. The highest BCUT2D eigenvalue weighted by molar-refractivity contribution is 6.21. The molecule has 0 aromatic rings. The lowest BCUT2D eigenvalue weighted by Gasteiger charge is -2.22. The summed E-state index contributed by atoms with van der Waals surface area (Å²) in [6.45, 7) is 1.60. The van der Waals surface area contributed by atoms with Gasteiger partial charge in [-0.2, -0.15) is 0 Å². The molecule has 0 unspecified atom stereocenters. The topological polar surface area (TPSA) is 94.3 Å². The van der Waals surface area contributed by atoms with Gasteiger partial charge < -0.3 is 5.73 Å².